The van der Waals surface area contributed by atoms with Crippen LogP contribution in [0.25, 0.3) is 16.9 Å². The number of aliphatic carboxylic acids is 1. The maximum atomic E-state index is 11.0. The van der Waals surface area contributed by atoms with E-state index in [2.05, 4.69) is 10.3 Å². The molecule has 0 bridgehead atoms. The summed E-state index contributed by atoms with van der Waals surface area (Å²) in [6.07, 6.45) is 0. The molecular weight excluding hydrogens is 290 g/mol. The Kier molecular flexibility index (Phi) is 3.93. The summed E-state index contributed by atoms with van der Waals surface area (Å²) in [6.45, 7) is 3.64. The van der Waals surface area contributed by atoms with Crippen LogP contribution in [0, 0.1) is 6.92 Å². The Morgan fingerprint density at radius 1 is 1.09 bits per heavy atom. The zero-order valence-electron chi connectivity index (χ0n) is 13.0. The van der Waals surface area contributed by atoms with Gasteiger partial charge >= 0.3 is 5.97 Å². The maximum Gasteiger partial charge on any atom is 0.310 e. The van der Waals surface area contributed by atoms with Gasteiger partial charge < -0.3 is 5.11 Å². The van der Waals surface area contributed by atoms with E-state index in [-0.39, 0.29) is 0 Å². The van der Waals surface area contributed by atoms with E-state index in [0.29, 0.717) is 0 Å². The molecule has 116 valence electrons. The van der Waals surface area contributed by atoms with Crippen LogP contribution in [0.2, 0.25) is 0 Å². The Bertz CT molecular complexity index is 823. The molecule has 0 saturated heterocycles. The van der Waals surface area contributed by atoms with Crippen LogP contribution in [0.5, 0.6) is 0 Å². The Morgan fingerprint density at radius 3 is 2.35 bits per heavy atom. The minimum absolute atomic E-state index is 0.527. The number of hydrogen-bond acceptors (Lipinski definition) is 3. The lowest BCUT2D eigenvalue weighted by atomic mass is 10.0. The van der Waals surface area contributed by atoms with Crippen molar-refractivity contribution in [3.8, 4) is 16.9 Å². The molecule has 3 aromatic rings. The molecule has 3 rings (SSSR count). The summed E-state index contributed by atoms with van der Waals surface area (Å²) in [7, 11) is 0. The molecule has 0 saturated carbocycles. The Hall–Kier alpha value is -2.95. The van der Waals surface area contributed by atoms with Gasteiger partial charge in [-0.3, -0.25) is 4.79 Å². The van der Waals surface area contributed by atoms with E-state index in [9.17, 15) is 4.79 Å². The summed E-state index contributed by atoms with van der Waals surface area (Å²) in [5, 5.41) is 17.6. The van der Waals surface area contributed by atoms with E-state index in [1.54, 1.807) is 11.6 Å². The third-order valence-electron chi connectivity index (χ3n) is 3.95. The molecule has 0 aliphatic rings. The molecule has 0 amide bonds. The van der Waals surface area contributed by atoms with Crippen molar-refractivity contribution in [1.82, 2.24) is 15.0 Å². The molecule has 1 unspecified atom stereocenters. The van der Waals surface area contributed by atoms with Crippen LogP contribution in [-0.4, -0.2) is 26.1 Å². The van der Waals surface area contributed by atoms with Crippen molar-refractivity contribution in [2.24, 2.45) is 0 Å². The molecule has 1 atom stereocenters. The molecule has 2 aromatic carbocycles. The fourth-order valence-corrected chi connectivity index (χ4v) is 2.48. The van der Waals surface area contributed by atoms with Crippen molar-refractivity contribution in [2.45, 2.75) is 19.8 Å². The van der Waals surface area contributed by atoms with Crippen LogP contribution in [0.1, 0.15) is 24.1 Å². The first-order valence-corrected chi connectivity index (χ1v) is 7.39. The van der Waals surface area contributed by atoms with Crippen LogP contribution >= 0.6 is 0 Å². The van der Waals surface area contributed by atoms with Gasteiger partial charge in [-0.1, -0.05) is 47.7 Å². The van der Waals surface area contributed by atoms with Crippen LogP contribution in [0.3, 0.4) is 0 Å². The van der Waals surface area contributed by atoms with Gasteiger partial charge in [0.15, 0.2) is 0 Å². The first kappa shape index (κ1) is 15.0. The number of benzene rings is 2. The number of carboxylic acid groups (broad SMARTS) is 1. The lowest BCUT2D eigenvalue weighted by Gasteiger charge is -2.08. The van der Waals surface area contributed by atoms with Crippen LogP contribution in [-0.2, 0) is 4.79 Å². The number of rotatable bonds is 4. The van der Waals surface area contributed by atoms with Gasteiger partial charge in [0.1, 0.15) is 5.69 Å². The van der Waals surface area contributed by atoms with Gasteiger partial charge in [0, 0.05) is 5.56 Å². The zero-order valence-corrected chi connectivity index (χ0v) is 13.0. The lowest BCUT2D eigenvalue weighted by molar-refractivity contribution is -0.138. The van der Waals surface area contributed by atoms with Crippen molar-refractivity contribution in [1.29, 1.82) is 0 Å². The third kappa shape index (κ3) is 2.85. The second-order valence-corrected chi connectivity index (χ2v) is 5.45. The lowest BCUT2D eigenvalue weighted by Crippen LogP contribution is -2.07. The van der Waals surface area contributed by atoms with Crippen molar-refractivity contribution in [2.75, 3.05) is 0 Å². The highest BCUT2D eigenvalue weighted by atomic mass is 16.4. The standard InChI is InChI=1S/C18H17N3O2/c1-12(18(22)23)14-8-10-16(11-9-14)21-13(2)17(19-20-21)15-6-4-3-5-7-15/h3-12H,1-2H3,(H,22,23). The number of carbonyl (C=O) groups is 1. The highest BCUT2D eigenvalue weighted by Crippen LogP contribution is 2.23. The maximum absolute atomic E-state index is 11.0. The molecule has 1 aromatic heterocycles. The first-order valence-electron chi connectivity index (χ1n) is 7.39. The summed E-state index contributed by atoms with van der Waals surface area (Å²) >= 11 is 0. The largest absolute Gasteiger partial charge is 0.481 e. The molecule has 0 fully saturated rings. The number of aromatic nitrogens is 3. The average molecular weight is 307 g/mol. The average Bonchev–Trinajstić information content (AvgIpc) is 2.96. The van der Waals surface area contributed by atoms with Gasteiger partial charge in [0.05, 0.1) is 17.3 Å². The molecule has 0 spiro atoms. The Balaban J connectivity index is 1.94. The predicted octanol–water partition coefficient (Wildman–Crippen LogP) is 3.43. The van der Waals surface area contributed by atoms with Gasteiger partial charge in [0.2, 0.25) is 0 Å². The van der Waals surface area contributed by atoms with E-state index in [4.69, 9.17) is 5.11 Å². The SMILES string of the molecule is Cc1c(-c2ccccc2)nnn1-c1ccc(C(C)C(=O)O)cc1. The van der Waals surface area contributed by atoms with Crippen LogP contribution in [0.15, 0.2) is 54.6 Å². The minimum Gasteiger partial charge on any atom is -0.481 e. The summed E-state index contributed by atoms with van der Waals surface area (Å²) < 4.78 is 1.76. The van der Waals surface area contributed by atoms with E-state index in [1.807, 2.05) is 61.5 Å². The third-order valence-corrected chi connectivity index (χ3v) is 3.95. The second kappa shape index (κ2) is 6.04. The van der Waals surface area contributed by atoms with Gasteiger partial charge in [0.25, 0.3) is 0 Å². The van der Waals surface area contributed by atoms with Crippen LogP contribution < -0.4 is 0 Å². The van der Waals surface area contributed by atoms with Crippen molar-refractivity contribution < 1.29 is 9.90 Å². The molecule has 1 heterocycles. The highest BCUT2D eigenvalue weighted by molar-refractivity contribution is 5.75. The normalized spacial score (nSPS) is 12.1. The fraction of sp³-hybridized carbons (Fsp3) is 0.167. The highest BCUT2D eigenvalue weighted by Gasteiger charge is 2.15. The molecule has 0 aliphatic heterocycles. The van der Waals surface area contributed by atoms with E-state index in [0.717, 1.165) is 28.2 Å². The van der Waals surface area contributed by atoms with E-state index < -0.39 is 11.9 Å². The van der Waals surface area contributed by atoms with Crippen LogP contribution in [0.4, 0.5) is 0 Å². The number of carboxylic acids is 1. The van der Waals surface area contributed by atoms with E-state index >= 15 is 0 Å². The zero-order chi connectivity index (χ0) is 16.4. The Morgan fingerprint density at radius 2 is 1.74 bits per heavy atom. The summed E-state index contributed by atoms with van der Waals surface area (Å²) in [5.74, 6) is -1.36. The molecular formula is C18H17N3O2. The monoisotopic (exact) mass is 307 g/mol. The van der Waals surface area contributed by atoms with E-state index in [1.165, 1.54) is 0 Å². The summed E-state index contributed by atoms with van der Waals surface area (Å²) in [5.41, 5.74) is 4.43. The fourth-order valence-electron chi connectivity index (χ4n) is 2.48. The topological polar surface area (TPSA) is 68.0 Å². The summed E-state index contributed by atoms with van der Waals surface area (Å²) in [6, 6.07) is 17.3. The smallest absolute Gasteiger partial charge is 0.310 e. The molecule has 23 heavy (non-hydrogen) atoms. The predicted molar refractivity (Wildman–Crippen MR) is 87.6 cm³/mol. The Labute approximate surface area is 134 Å². The van der Waals surface area contributed by atoms with Gasteiger partial charge in [-0.05, 0) is 31.5 Å². The van der Waals surface area contributed by atoms with Gasteiger partial charge in [-0.15, -0.1) is 5.10 Å². The van der Waals surface area contributed by atoms with Gasteiger partial charge in [-0.2, -0.15) is 0 Å². The van der Waals surface area contributed by atoms with Gasteiger partial charge in [-0.25, -0.2) is 4.68 Å². The quantitative estimate of drug-likeness (QED) is 0.802. The van der Waals surface area contributed by atoms with Crippen molar-refractivity contribution in [3.05, 3.63) is 65.9 Å². The molecule has 0 aliphatic carbocycles. The second-order valence-electron chi connectivity index (χ2n) is 5.45. The number of nitrogens with zero attached hydrogens (tertiary/aromatic N) is 3. The number of hydrogen-bond donors (Lipinski definition) is 1. The first-order chi connectivity index (χ1) is 11.1. The minimum atomic E-state index is -0.832. The summed E-state index contributed by atoms with van der Waals surface area (Å²) in [4.78, 5) is 11.0. The molecule has 5 nitrogen and oxygen atoms in total. The molecule has 0 radical (unpaired) electrons. The van der Waals surface area contributed by atoms with Crippen molar-refractivity contribution >= 4 is 5.97 Å². The molecule has 5 heteroatoms. The molecule has 1 N–H and O–H groups in total. The van der Waals surface area contributed by atoms with Crippen molar-refractivity contribution in [3.63, 3.8) is 0 Å².